The van der Waals surface area contributed by atoms with E-state index in [2.05, 4.69) is 5.32 Å². The molecule has 0 N–H and O–H groups in total. The SMILES string of the molecule is C[N-]C12CC3CC(CC(C3)C1)C2. The van der Waals surface area contributed by atoms with Crippen LogP contribution in [0.4, 0.5) is 0 Å². The molecular weight excluding hydrogens is 146 g/mol. The smallest absolute Gasteiger partial charge is 0.0420 e. The fraction of sp³-hybridized carbons (Fsp3) is 1.00. The average molecular weight is 164 g/mol. The number of nitrogens with zero attached hydrogens (tertiary/aromatic N) is 1. The van der Waals surface area contributed by atoms with Gasteiger partial charge in [-0.2, -0.15) is 7.05 Å². The first-order valence-electron chi connectivity index (χ1n) is 5.41. The minimum atomic E-state index is 0.467. The Morgan fingerprint density at radius 1 is 0.917 bits per heavy atom. The van der Waals surface area contributed by atoms with Crippen molar-refractivity contribution in [3.63, 3.8) is 0 Å². The Morgan fingerprint density at radius 3 is 1.67 bits per heavy atom. The summed E-state index contributed by atoms with van der Waals surface area (Å²) in [5.74, 6) is 3.17. The second-order valence-corrected chi connectivity index (χ2v) is 5.37. The molecule has 1 nitrogen and oxygen atoms in total. The summed E-state index contributed by atoms with van der Waals surface area (Å²) >= 11 is 0. The van der Waals surface area contributed by atoms with Gasteiger partial charge in [0.2, 0.25) is 0 Å². The molecule has 4 rings (SSSR count). The molecule has 4 aliphatic carbocycles. The summed E-state index contributed by atoms with van der Waals surface area (Å²) in [5.41, 5.74) is 0.467. The van der Waals surface area contributed by atoms with E-state index in [0.29, 0.717) is 5.54 Å². The lowest BCUT2D eigenvalue weighted by atomic mass is 9.53. The summed E-state index contributed by atoms with van der Waals surface area (Å²) in [6.07, 6.45) is 8.89. The third-order valence-electron chi connectivity index (χ3n) is 4.48. The van der Waals surface area contributed by atoms with Crippen molar-refractivity contribution in [3.05, 3.63) is 5.32 Å². The van der Waals surface area contributed by atoms with Crippen molar-refractivity contribution in [2.75, 3.05) is 7.05 Å². The van der Waals surface area contributed by atoms with Gasteiger partial charge in [-0.05, 0) is 37.0 Å². The normalized spacial score (nSPS) is 56.2. The minimum absolute atomic E-state index is 0.467. The molecule has 12 heavy (non-hydrogen) atoms. The monoisotopic (exact) mass is 164 g/mol. The van der Waals surface area contributed by atoms with Crippen LogP contribution in [0.2, 0.25) is 0 Å². The zero-order valence-corrected chi connectivity index (χ0v) is 7.92. The lowest BCUT2D eigenvalue weighted by molar-refractivity contribution is 0.0151. The molecule has 0 heterocycles. The van der Waals surface area contributed by atoms with Gasteiger partial charge in [-0.1, -0.05) is 19.3 Å². The molecule has 0 aromatic heterocycles. The second kappa shape index (κ2) is 2.25. The van der Waals surface area contributed by atoms with E-state index in [0.717, 1.165) is 17.8 Å². The average Bonchev–Trinajstić information content (AvgIpc) is 2.02. The Balaban J connectivity index is 1.90. The topological polar surface area (TPSA) is 14.1 Å². The zero-order valence-electron chi connectivity index (χ0n) is 7.92. The Kier molecular flexibility index (Phi) is 1.39. The van der Waals surface area contributed by atoms with E-state index >= 15 is 0 Å². The van der Waals surface area contributed by atoms with Gasteiger partial charge in [0.05, 0.1) is 0 Å². The molecule has 68 valence electrons. The maximum absolute atomic E-state index is 4.68. The van der Waals surface area contributed by atoms with E-state index in [1.54, 1.807) is 0 Å². The fourth-order valence-electron chi connectivity index (χ4n) is 4.34. The summed E-state index contributed by atoms with van der Waals surface area (Å²) < 4.78 is 0. The molecule has 0 aromatic carbocycles. The standard InChI is InChI=1S/C11H18N/c1-12-11-5-8-2-9(6-11)4-10(3-8)7-11/h8-10H,2-7H2,1H3/q-1. The van der Waals surface area contributed by atoms with E-state index < -0.39 is 0 Å². The van der Waals surface area contributed by atoms with Crippen molar-refractivity contribution in [1.82, 2.24) is 0 Å². The highest BCUT2D eigenvalue weighted by Gasteiger charge is 2.45. The van der Waals surface area contributed by atoms with Crippen molar-refractivity contribution in [3.8, 4) is 0 Å². The van der Waals surface area contributed by atoms with Crippen LogP contribution in [-0.2, 0) is 0 Å². The van der Waals surface area contributed by atoms with Crippen LogP contribution in [-0.4, -0.2) is 12.6 Å². The van der Waals surface area contributed by atoms with Crippen molar-refractivity contribution in [1.29, 1.82) is 0 Å². The van der Waals surface area contributed by atoms with Gasteiger partial charge in [-0.25, -0.2) is 0 Å². The van der Waals surface area contributed by atoms with Gasteiger partial charge in [0.1, 0.15) is 0 Å². The first-order chi connectivity index (χ1) is 5.80. The van der Waals surface area contributed by atoms with E-state index in [9.17, 15) is 0 Å². The Morgan fingerprint density at radius 2 is 1.33 bits per heavy atom. The molecule has 4 aliphatic rings. The Bertz CT molecular complexity index is 162. The molecule has 0 aliphatic heterocycles. The maximum atomic E-state index is 4.68. The maximum Gasteiger partial charge on any atom is -0.0420 e. The molecule has 1 heteroatoms. The van der Waals surface area contributed by atoms with Gasteiger partial charge < -0.3 is 5.32 Å². The van der Waals surface area contributed by atoms with Crippen molar-refractivity contribution < 1.29 is 0 Å². The first-order valence-corrected chi connectivity index (χ1v) is 5.41. The van der Waals surface area contributed by atoms with Crippen LogP contribution < -0.4 is 0 Å². The lowest BCUT2D eigenvalue weighted by Gasteiger charge is -2.63. The summed E-state index contributed by atoms with van der Waals surface area (Å²) in [5, 5.41) is 4.68. The van der Waals surface area contributed by atoms with Crippen molar-refractivity contribution in [2.45, 2.75) is 44.1 Å². The lowest BCUT2D eigenvalue weighted by Crippen LogP contribution is -2.49. The fourth-order valence-corrected chi connectivity index (χ4v) is 4.34. The number of rotatable bonds is 1. The summed E-state index contributed by atoms with van der Waals surface area (Å²) in [4.78, 5) is 0. The minimum Gasteiger partial charge on any atom is -0.659 e. The van der Waals surface area contributed by atoms with Crippen molar-refractivity contribution >= 4 is 0 Å². The van der Waals surface area contributed by atoms with Crippen LogP contribution in [0.5, 0.6) is 0 Å². The summed E-state index contributed by atoms with van der Waals surface area (Å²) in [7, 11) is 2.05. The van der Waals surface area contributed by atoms with Crippen LogP contribution in [0.3, 0.4) is 0 Å². The molecular formula is C11H18N-. The van der Waals surface area contributed by atoms with Gasteiger partial charge in [-0.3, -0.25) is 0 Å². The van der Waals surface area contributed by atoms with Crippen LogP contribution in [0.25, 0.3) is 5.32 Å². The Labute approximate surface area is 74.9 Å². The molecule has 0 radical (unpaired) electrons. The van der Waals surface area contributed by atoms with Gasteiger partial charge in [0.25, 0.3) is 0 Å². The first kappa shape index (κ1) is 7.37. The highest BCUT2D eigenvalue weighted by Crippen LogP contribution is 2.58. The number of hydrogen-bond acceptors (Lipinski definition) is 0. The Hall–Kier alpha value is -0.0400. The molecule has 0 atom stereocenters. The third kappa shape index (κ3) is 0.891. The zero-order chi connectivity index (χ0) is 8.18. The van der Waals surface area contributed by atoms with Crippen LogP contribution in [0, 0.1) is 17.8 Å². The predicted molar refractivity (Wildman–Crippen MR) is 50.2 cm³/mol. The van der Waals surface area contributed by atoms with Gasteiger partial charge in [-0.15, -0.1) is 5.54 Å². The van der Waals surface area contributed by atoms with E-state index in [1.165, 1.54) is 38.5 Å². The number of hydrogen-bond donors (Lipinski definition) is 0. The molecule has 4 bridgehead atoms. The largest absolute Gasteiger partial charge is 0.659 e. The van der Waals surface area contributed by atoms with E-state index in [4.69, 9.17) is 0 Å². The molecule has 0 spiro atoms. The second-order valence-electron chi connectivity index (χ2n) is 5.37. The molecule has 4 saturated carbocycles. The predicted octanol–water partition coefficient (Wildman–Crippen LogP) is 2.96. The molecule has 0 aromatic rings. The highest BCUT2D eigenvalue weighted by molar-refractivity contribution is 5.15. The molecule has 0 unspecified atom stereocenters. The third-order valence-corrected chi connectivity index (χ3v) is 4.48. The van der Waals surface area contributed by atoms with E-state index in [-0.39, 0.29) is 0 Å². The van der Waals surface area contributed by atoms with Crippen molar-refractivity contribution in [2.24, 2.45) is 17.8 Å². The van der Waals surface area contributed by atoms with Crippen LogP contribution >= 0.6 is 0 Å². The van der Waals surface area contributed by atoms with Crippen LogP contribution in [0.1, 0.15) is 38.5 Å². The molecule has 0 amide bonds. The van der Waals surface area contributed by atoms with Gasteiger partial charge in [0.15, 0.2) is 0 Å². The quantitative estimate of drug-likeness (QED) is 0.565. The molecule has 0 saturated heterocycles. The van der Waals surface area contributed by atoms with Gasteiger partial charge in [0, 0.05) is 0 Å². The summed E-state index contributed by atoms with van der Waals surface area (Å²) in [6.45, 7) is 0. The van der Waals surface area contributed by atoms with E-state index in [1.807, 2.05) is 7.05 Å². The van der Waals surface area contributed by atoms with Crippen LogP contribution in [0.15, 0.2) is 0 Å². The summed E-state index contributed by atoms with van der Waals surface area (Å²) in [6, 6.07) is 0. The van der Waals surface area contributed by atoms with Gasteiger partial charge >= 0.3 is 0 Å². The molecule has 4 fully saturated rings. The highest BCUT2D eigenvalue weighted by atomic mass is 15.0.